The lowest BCUT2D eigenvalue weighted by molar-refractivity contribution is -0.137. The van der Waals surface area contributed by atoms with Crippen molar-refractivity contribution in [2.45, 2.75) is 45.8 Å². The molecule has 0 spiro atoms. The number of anilines is 1. The predicted molar refractivity (Wildman–Crippen MR) is 147 cm³/mol. The lowest BCUT2D eigenvalue weighted by Crippen LogP contribution is -2.24. The van der Waals surface area contributed by atoms with Gasteiger partial charge in [0.2, 0.25) is 5.91 Å². The van der Waals surface area contributed by atoms with Gasteiger partial charge in [-0.05, 0) is 61.6 Å². The highest BCUT2D eigenvalue weighted by atomic mass is 16.5. The first-order valence-electron chi connectivity index (χ1n) is 12.6. The number of benzene rings is 2. The second-order valence-corrected chi connectivity index (χ2v) is 9.30. The molecule has 2 aromatic heterocycles. The lowest BCUT2D eigenvalue weighted by atomic mass is 10.0. The third-order valence-electron chi connectivity index (χ3n) is 6.55. The standard InChI is InChI=1S/C29H31N5O5/c1-18-16-34(26-14-22(29(38)30-3)9-10-24(18)26)19(2)28(37)33-25-13-20(17-39-23-11-12-31-32-15-23)7-8-21(25)5-4-6-27(35)36/h7-16,19H,4-6,17H2,1-3H3,(H,30,38)(H,33,37)(H,35,36). The molecular weight excluding hydrogens is 498 g/mol. The second-order valence-electron chi connectivity index (χ2n) is 9.30. The molecule has 1 atom stereocenters. The van der Waals surface area contributed by atoms with Crippen LogP contribution in [0.15, 0.2) is 61.1 Å². The maximum absolute atomic E-state index is 13.5. The highest BCUT2D eigenvalue weighted by Gasteiger charge is 2.20. The number of carbonyl (C=O) groups is 3. The number of carboxylic acid groups (broad SMARTS) is 1. The van der Waals surface area contributed by atoms with Crippen molar-refractivity contribution < 1.29 is 24.2 Å². The molecule has 202 valence electrons. The number of carbonyl (C=O) groups excluding carboxylic acids is 2. The van der Waals surface area contributed by atoms with Crippen LogP contribution in [0.2, 0.25) is 0 Å². The number of nitrogens with one attached hydrogen (secondary N) is 2. The Kier molecular flexibility index (Phi) is 8.55. The largest absolute Gasteiger partial charge is 0.487 e. The van der Waals surface area contributed by atoms with Gasteiger partial charge in [-0.15, -0.1) is 0 Å². The van der Waals surface area contributed by atoms with E-state index in [-0.39, 0.29) is 24.8 Å². The molecule has 1 unspecified atom stereocenters. The number of fused-ring (bicyclic) bond motifs is 1. The van der Waals surface area contributed by atoms with Gasteiger partial charge < -0.3 is 25.0 Å². The SMILES string of the molecule is CNC(=O)c1ccc2c(C)cn(C(C)C(=O)Nc3cc(COc4ccnnc4)ccc3CCCC(=O)O)c2c1. The molecule has 0 fully saturated rings. The van der Waals surface area contributed by atoms with Crippen molar-refractivity contribution in [3.8, 4) is 5.75 Å². The fourth-order valence-corrected chi connectivity index (χ4v) is 4.40. The average molecular weight is 530 g/mol. The normalized spacial score (nSPS) is 11.7. The van der Waals surface area contributed by atoms with Crippen molar-refractivity contribution in [2.75, 3.05) is 12.4 Å². The van der Waals surface area contributed by atoms with Crippen LogP contribution in [0.3, 0.4) is 0 Å². The summed E-state index contributed by atoms with van der Waals surface area (Å²) in [7, 11) is 1.58. The van der Waals surface area contributed by atoms with E-state index in [2.05, 4.69) is 20.8 Å². The Morgan fingerprint density at radius 2 is 1.92 bits per heavy atom. The number of aryl methyl sites for hydroxylation is 2. The summed E-state index contributed by atoms with van der Waals surface area (Å²) in [6.45, 7) is 4.02. The van der Waals surface area contributed by atoms with E-state index < -0.39 is 12.0 Å². The Labute approximate surface area is 226 Å². The van der Waals surface area contributed by atoms with Gasteiger partial charge >= 0.3 is 5.97 Å². The van der Waals surface area contributed by atoms with Crippen molar-refractivity contribution in [3.05, 3.63) is 83.3 Å². The third kappa shape index (κ3) is 6.59. The summed E-state index contributed by atoms with van der Waals surface area (Å²) in [6.07, 6.45) is 5.93. The van der Waals surface area contributed by atoms with Crippen LogP contribution in [-0.4, -0.2) is 44.7 Å². The monoisotopic (exact) mass is 529 g/mol. The molecule has 3 N–H and O–H groups in total. The molecule has 0 saturated carbocycles. The van der Waals surface area contributed by atoms with E-state index in [1.54, 1.807) is 32.2 Å². The molecule has 0 bridgehead atoms. The molecule has 0 aliphatic carbocycles. The Bertz CT molecular complexity index is 1500. The fourth-order valence-electron chi connectivity index (χ4n) is 4.40. The summed E-state index contributed by atoms with van der Waals surface area (Å²) in [5, 5.41) is 23.2. The van der Waals surface area contributed by atoms with Gasteiger partial charge in [-0.2, -0.15) is 10.2 Å². The van der Waals surface area contributed by atoms with Gasteiger partial charge in [-0.1, -0.05) is 18.2 Å². The molecule has 10 heteroatoms. The summed E-state index contributed by atoms with van der Waals surface area (Å²) >= 11 is 0. The predicted octanol–water partition coefficient (Wildman–Crippen LogP) is 4.29. The number of amides is 2. The van der Waals surface area contributed by atoms with E-state index in [9.17, 15) is 14.4 Å². The van der Waals surface area contributed by atoms with E-state index in [0.29, 0.717) is 29.8 Å². The van der Waals surface area contributed by atoms with Gasteiger partial charge in [-0.25, -0.2) is 0 Å². The number of carboxylic acids is 1. The van der Waals surface area contributed by atoms with Gasteiger partial charge in [0.1, 0.15) is 18.4 Å². The fraction of sp³-hybridized carbons (Fsp3) is 0.276. The maximum atomic E-state index is 13.5. The minimum Gasteiger partial charge on any atom is -0.487 e. The zero-order valence-electron chi connectivity index (χ0n) is 22.1. The van der Waals surface area contributed by atoms with Crippen LogP contribution < -0.4 is 15.4 Å². The Morgan fingerprint density at radius 1 is 1.10 bits per heavy atom. The van der Waals surface area contributed by atoms with Crippen LogP contribution in [0.5, 0.6) is 5.75 Å². The summed E-state index contributed by atoms with van der Waals surface area (Å²) in [6, 6.07) is 12.2. The van der Waals surface area contributed by atoms with Crippen LogP contribution in [0.1, 0.15) is 52.9 Å². The molecule has 10 nitrogen and oxygen atoms in total. The number of aliphatic carboxylic acids is 1. The first kappa shape index (κ1) is 27.3. The molecule has 4 aromatic rings. The first-order chi connectivity index (χ1) is 18.8. The number of hydrogen-bond acceptors (Lipinski definition) is 6. The van der Waals surface area contributed by atoms with Crippen molar-refractivity contribution in [1.29, 1.82) is 0 Å². The van der Waals surface area contributed by atoms with Crippen LogP contribution in [0.4, 0.5) is 5.69 Å². The molecule has 39 heavy (non-hydrogen) atoms. The van der Waals surface area contributed by atoms with Crippen molar-refractivity contribution >= 4 is 34.4 Å². The maximum Gasteiger partial charge on any atom is 0.303 e. The van der Waals surface area contributed by atoms with E-state index in [4.69, 9.17) is 9.84 Å². The third-order valence-corrected chi connectivity index (χ3v) is 6.55. The molecule has 2 aromatic carbocycles. The quantitative estimate of drug-likeness (QED) is 0.264. The number of rotatable bonds is 11. The van der Waals surface area contributed by atoms with Crippen LogP contribution in [0.25, 0.3) is 10.9 Å². The van der Waals surface area contributed by atoms with Gasteiger partial charge in [0.15, 0.2) is 0 Å². The molecule has 4 rings (SSSR count). The first-order valence-corrected chi connectivity index (χ1v) is 12.6. The number of aromatic nitrogens is 3. The second kappa shape index (κ2) is 12.2. The summed E-state index contributed by atoms with van der Waals surface area (Å²) < 4.78 is 7.64. The zero-order valence-corrected chi connectivity index (χ0v) is 22.1. The molecule has 0 radical (unpaired) electrons. The molecule has 0 aliphatic heterocycles. The van der Waals surface area contributed by atoms with Gasteiger partial charge in [0.25, 0.3) is 5.91 Å². The number of nitrogens with zero attached hydrogens (tertiary/aromatic N) is 3. The van der Waals surface area contributed by atoms with E-state index in [1.807, 2.05) is 42.0 Å². The summed E-state index contributed by atoms with van der Waals surface area (Å²) in [4.78, 5) is 36.8. The van der Waals surface area contributed by atoms with Crippen LogP contribution in [-0.2, 0) is 22.6 Å². The minimum atomic E-state index is -0.865. The molecule has 2 heterocycles. The lowest BCUT2D eigenvalue weighted by Gasteiger charge is -2.18. The smallest absolute Gasteiger partial charge is 0.303 e. The van der Waals surface area contributed by atoms with Crippen molar-refractivity contribution in [1.82, 2.24) is 20.1 Å². The average Bonchev–Trinajstić information content (AvgIpc) is 3.27. The van der Waals surface area contributed by atoms with Gasteiger partial charge in [-0.3, -0.25) is 14.4 Å². The van der Waals surface area contributed by atoms with E-state index >= 15 is 0 Å². The summed E-state index contributed by atoms with van der Waals surface area (Å²) in [5.74, 6) is -0.739. The molecular formula is C29H31N5O5. The molecule has 0 saturated heterocycles. The molecule has 2 amide bonds. The Morgan fingerprint density at radius 3 is 2.64 bits per heavy atom. The Hall–Kier alpha value is -4.73. The van der Waals surface area contributed by atoms with E-state index in [0.717, 1.165) is 27.6 Å². The molecule has 0 aliphatic rings. The zero-order chi connectivity index (χ0) is 27.9. The highest BCUT2D eigenvalue weighted by molar-refractivity contribution is 6.00. The highest BCUT2D eigenvalue weighted by Crippen LogP contribution is 2.28. The topological polar surface area (TPSA) is 135 Å². The van der Waals surface area contributed by atoms with Crippen LogP contribution >= 0.6 is 0 Å². The van der Waals surface area contributed by atoms with Crippen molar-refractivity contribution in [3.63, 3.8) is 0 Å². The number of hydrogen-bond donors (Lipinski definition) is 3. The van der Waals surface area contributed by atoms with Gasteiger partial charge in [0, 0.05) is 47.9 Å². The van der Waals surface area contributed by atoms with E-state index in [1.165, 1.54) is 12.4 Å². The Balaban J connectivity index is 1.59. The van der Waals surface area contributed by atoms with Gasteiger partial charge in [0.05, 0.1) is 12.4 Å². The minimum absolute atomic E-state index is 0.0337. The number of ether oxygens (including phenoxy) is 1. The van der Waals surface area contributed by atoms with Crippen LogP contribution in [0, 0.1) is 6.92 Å². The van der Waals surface area contributed by atoms with Crippen molar-refractivity contribution in [2.24, 2.45) is 0 Å². The summed E-state index contributed by atoms with van der Waals surface area (Å²) in [5.41, 5.74) is 4.55.